The lowest BCUT2D eigenvalue weighted by Crippen LogP contribution is -2.34. The van der Waals surface area contributed by atoms with Crippen molar-refractivity contribution in [2.24, 2.45) is 0 Å². The highest BCUT2D eigenvalue weighted by Gasteiger charge is 2.11. The van der Waals surface area contributed by atoms with E-state index in [1.807, 2.05) is 0 Å². The van der Waals surface area contributed by atoms with Gasteiger partial charge in [-0.05, 0) is 6.07 Å². The second-order valence-corrected chi connectivity index (χ2v) is 4.91. The number of aromatic nitrogens is 4. The summed E-state index contributed by atoms with van der Waals surface area (Å²) in [6.45, 7) is -0.463. The second-order valence-electron chi connectivity index (χ2n) is 4.91. The number of halogens is 1. The van der Waals surface area contributed by atoms with Gasteiger partial charge in [-0.1, -0.05) is 17.6 Å². The Kier molecular flexibility index (Phi) is 3.94. The van der Waals surface area contributed by atoms with E-state index in [1.54, 1.807) is 0 Å². The lowest BCUT2D eigenvalue weighted by Gasteiger charge is -2.07. The molecule has 10 heteroatoms. The summed E-state index contributed by atoms with van der Waals surface area (Å²) < 4.78 is 13.6. The Morgan fingerprint density at radius 2 is 1.96 bits per heavy atom. The lowest BCUT2D eigenvalue weighted by molar-refractivity contribution is -0.117. The van der Waals surface area contributed by atoms with Gasteiger partial charge in [0.2, 0.25) is 11.9 Å². The topological polar surface area (TPSA) is 110 Å². The average molecular weight is 325 g/mol. The maximum absolute atomic E-state index is 12.7. The van der Waals surface area contributed by atoms with Crippen LogP contribution in [0.3, 0.4) is 0 Å². The largest absolute Gasteiger partial charge is 0.293 e. The maximum atomic E-state index is 12.7. The van der Waals surface area contributed by atoms with Crippen LogP contribution in [0.1, 0.15) is 0 Å². The van der Waals surface area contributed by atoms with Gasteiger partial charge in [-0.3, -0.25) is 24.8 Å². The number of amides is 1. The first kappa shape index (κ1) is 15.6. The SMILES string of the molecule is [B]c1ccc2c(=O)n(CC(=O)Nc3ncc(F)cn3)[nH]c(=O)c2c1. The van der Waals surface area contributed by atoms with E-state index in [0.717, 1.165) is 17.1 Å². The molecule has 2 aromatic heterocycles. The number of carbonyl (C=O) groups excluding carboxylic acids is 1. The van der Waals surface area contributed by atoms with Crippen LogP contribution in [-0.2, 0) is 11.3 Å². The highest BCUT2D eigenvalue weighted by atomic mass is 19.1. The smallest absolute Gasteiger partial charge is 0.273 e. The Bertz CT molecular complexity index is 1040. The molecule has 8 nitrogen and oxygen atoms in total. The molecule has 0 atom stereocenters. The molecule has 24 heavy (non-hydrogen) atoms. The molecule has 0 fully saturated rings. The molecule has 0 saturated heterocycles. The van der Waals surface area contributed by atoms with Crippen molar-refractivity contribution in [1.29, 1.82) is 0 Å². The quantitative estimate of drug-likeness (QED) is 0.604. The fourth-order valence-electron chi connectivity index (χ4n) is 2.11. The molecule has 0 bridgehead atoms. The Morgan fingerprint density at radius 1 is 1.25 bits per heavy atom. The van der Waals surface area contributed by atoms with E-state index in [1.165, 1.54) is 18.2 Å². The standard InChI is InChI=1S/C14H9BFN5O3/c15-7-1-2-9-10(3-7)12(23)20-21(13(9)24)6-11(22)19-14-17-4-8(16)5-18-14/h1-5H,6H2,(H,20,23)(H,17,18,19,22). The number of anilines is 1. The first-order valence-corrected chi connectivity index (χ1v) is 6.74. The monoisotopic (exact) mass is 325 g/mol. The predicted octanol–water partition coefficient (Wildman–Crippen LogP) is -0.949. The van der Waals surface area contributed by atoms with E-state index in [0.29, 0.717) is 5.46 Å². The van der Waals surface area contributed by atoms with Crippen LogP contribution >= 0.6 is 0 Å². The van der Waals surface area contributed by atoms with Gasteiger partial charge in [0, 0.05) is 0 Å². The fourth-order valence-corrected chi connectivity index (χ4v) is 2.11. The van der Waals surface area contributed by atoms with Crippen LogP contribution in [-0.4, -0.2) is 33.5 Å². The molecular weight excluding hydrogens is 316 g/mol. The first-order valence-electron chi connectivity index (χ1n) is 6.74. The summed E-state index contributed by atoms with van der Waals surface area (Å²) in [5, 5.41) is 4.87. The number of nitrogens with one attached hydrogen (secondary N) is 2. The number of hydrogen-bond acceptors (Lipinski definition) is 5. The van der Waals surface area contributed by atoms with E-state index >= 15 is 0 Å². The summed E-state index contributed by atoms with van der Waals surface area (Å²) in [7, 11) is 5.59. The third-order valence-electron chi connectivity index (χ3n) is 3.17. The summed E-state index contributed by atoms with van der Waals surface area (Å²) in [4.78, 5) is 43.4. The van der Waals surface area contributed by atoms with E-state index in [4.69, 9.17) is 7.85 Å². The van der Waals surface area contributed by atoms with Gasteiger partial charge in [0.15, 0.2) is 5.82 Å². The number of fused-ring (bicyclic) bond motifs is 1. The summed E-state index contributed by atoms with van der Waals surface area (Å²) in [6.07, 6.45) is 1.77. The van der Waals surface area contributed by atoms with Crippen molar-refractivity contribution in [2.75, 3.05) is 5.32 Å². The zero-order valence-corrected chi connectivity index (χ0v) is 12.1. The van der Waals surface area contributed by atoms with Gasteiger partial charge >= 0.3 is 0 Å². The number of carbonyl (C=O) groups is 1. The molecule has 3 aromatic rings. The van der Waals surface area contributed by atoms with Crippen molar-refractivity contribution in [3.8, 4) is 0 Å². The van der Waals surface area contributed by atoms with Crippen LogP contribution in [0.5, 0.6) is 0 Å². The number of nitrogens with zero attached hydrogens (tertiary/aromatic N) is 3. The minimum atomic E-state index is -0.658. The zero-order valence-electron chi connectivity index (χ0n) is 12.1. The van der Waals surface area contributed by atoms with Crippen molar-refractivity contribution >= 4 is 35.9 Å². The van der Waals surface area contributed by atoms with Crippen molar-refractivity contribution in [3.63, 3.8) is 0 Å². The van der Waals surface area contributed by atoms with Crippen LogP contribution in [0.4, 0.5) is 10.3 Å². The molecule has 3 rings (SSSR count). The van der Waals surface area contributed by atoms with Crippen molar-refractivity contribution in [1.82, 2.24) is 19.7 Å². The van der Waals surface area contributed by atoms with Crippen LogP contribution in [0, 0.1) is 5.82 Å². The molecule has 118 valence electrons. The minimum Gasteiger partial charge on any atom is -0.293 e. The molecule has 2 heterocycles. The molecule has 1 amide bonds. The number of benzene rings is 1. The Morgan fingerprint density at radius 3 is 2.67 bits per heavy atom. The molecule has 2 radical (unpaired) electrons. The third-order valence-corrected chi connectivity index (χ3v) is 3.17. The summed E-state index contributed by atoms with van der Waals surface area (Å²) in [6, 6.07) is 4.28. The van der Waals surface area contributed by atoms with E-state index in [2.05, 4.69) is 20.4 Å². The molecule has 0 aliphatic rings. The zero-order chi connectivity index (χ0) is 17.3. The molecule has 2 N–H and O–H groups in total. The number of hydrogen-bond donors (Lipinski definition) is 2. The predicted molar refractivity (Wildman–Crippen MR) is 84.8 cm³/mol. The second kappa shape index (κ2) is 6.07. The van der Waals surface area contributed by atoms with Gasteiger partial charge in [-0.2, -0.15) is 0 Å². The van der Waals surface area contributed by atoms with Gasteiger partial charge in [0.1, 0.15) is 14.4 Å². The van der Waals surface area contributed by atoms with Crippen molar-refractivity contribution < 1.29 is 9.18 Å². The van der Waals surface area contributed by atoms with Gasteiger partial charge in [0.05, 0.1) is 23.2 Å². The van der Waals surface area contributed by atoms with Crippen LogP contribution in [0.2, 0.25) is 0 Å². The fraction of sp³-hybridized carbons (Fsp3) is 0.0714. The Hall–Kier alpha value is -3.30. The van der Waals surface area contributed by atoms with Crippen LogP contribution in [0.25, 0.3) is 10.8 Å². The minimum absolute atomic E-state index is 0.120. The lowest BCUT2D eigenvalue weighted by atomic mass is 9.94. The molecule has 0 saturated carbocycles. The van der Waals surface area contributed by atoms with E-state index < -0.39 is 29.4 Å². The van der Waals surface area contributed by atoms with Crippen LogP contribution in [0.15, 0.2) is 40.2 Å². The molecule has 0 spiro atoms. The summed E-state index contributed by atoms with van der Waals surface area (Å²) in [5.41, 5.74) is -0.765. The van der Waals surface area contributed by atoms with Crippen molar-refractivity contribution in [3.05, 3.63) is 57.1 Å². The number of aromatic amines is 1. The average Bonchev–Trinajstić information content (AvgIpc) is 2.54. The molecule has 0 aliphatic heterocycles. The van der Waals surface area contributed by atoms with Crippen molar-refractivity contribution in [2.45, 2.75) is 6.54 Å². The molecule has 0 unspecified atom stereocenters. The van der Waals surface area contributed by atoms with E-state index in [9.17, 15) is 18.8 Å². The van der Waals surface area contributed by atoms with Gasteiger partial charge < -0.3 is 0 Å². The molecule has 1 aromatic carbocycles. The molecular formula is C14H9BFN5O3. The maximum Gasteiger partial charge on any atom is 0.273 e. The molecule has 0 aliphatic carbocycles. The highest BCUT2D eigenvalue weighted by molar-refractivity contribution is 6.33. The Labute approximate surface area is 134 Å². The number of rotatable bonds is 3. The highest BCUT2D eigenvalue weighted by Crippen LogP contribution is 2.01. The summed E-state index contributed by atoms with van der Waals surface area (Å²) in [5.74, 6) is -1.43. The third kappa shape index (κ3) is 3.07. The summed E-state index contributed by atoms with van der Waals surface area (Å²) >= 11 is 0. The first-order chi connectivity index (χ1) is 11.4. The van der Waals surface area contributed by atoms with E-state index in [-0.39, 0.29) is 16.7 Å². The number of H-pyrrole nitrogens is 1. The normalized spacial score (nSPS) is 10.7. The van der Waals surface area contributed by atoms with Crippen LogP contribution < -0.4 is 21.9 Å². The van der Waals surface area contributed by atoms with Gasteiger partial charge in [-0.15, -0.1) is 0 Å². The van der Waals surface area contributed by atoms with Gasteiger partial charge in [-0.25, -0.2) is 19.0 Å². The Balaban J connectivity index is 1.90. The van der Waals surface area contributed by atoms with Gasteiger partial charge in [0.25, 0.3) is 11.1 Å².